The third kappa shape index (κ3) is 0.743. The summed E-state index contributed by atoms with van der Waals surface area (Å²) in [6.45, 7) is 4.68. The van der Waals surface area contributed by atoms with Gasteiger partial charge in [-0.15, -0.1) is 0 Å². The van der Waals surface area contributed by atoms with E-state index >= 15 is 0 Å². The maximum Gasteiger partial charge on any atom is 0.113 e. The van der Waals surface area contributed by atoms with Gasteiger partial charge in [-0.25, -0.2) is 0 Å². The van der Waals surface area contributed by atoms with E-state index in [0.717, 1.165) is 12.3 Å². The lowest BCUT2D eigenvalue weighted by Crippen LogP contribution is -2.54. The van der Waals surface area contributed by atoms with Crippen LogP contribution in [0.4, 0.5) is 0 Å². The quantitative estimate of drug-likeness (QED) is 0.639. The first-order valence-electron chi connectivity index (χ1n) is 6.92. The fourth-order valence-electron chi connectivity index (χ4n) is 6.06. The fourth-order valence-corrected chi connectivity index (χ4v) is 6.06. The van der Waals surface area contributed by atoms with Gasteiger partial charge in [-0.1, -0.05) is 13.3 Å². The van der Waals surface area contributed by atoms with E-state index in [-0.39, 0.29) is 17.8 Å². The monoisotopic (exact) mass is 222 g/mol. The van der Waals surface area contributed by atoms with Crippen molar-refractivity contribution in [3.63, 3.8) is 0 Å². The molecule has 0 aromatic carbocycles. The van der Waals surface area contributed by atoms with Crippen molar-refractivity contribution in [3.05, 3.63) is 0 Å². The average Bonchev–Trinajstić information content (AvgIpc) is 2.69. The molecule has 0 radical (unpaired) electrons. The van der Waals surface area contributed by atoms with Crippen LogP contribution in [0.15, 0.2) is 0 Å². The number of aliphatic hydroxyl groups excluding tert-OH is 1. The molecule has 1 heterocycles. The number of ether oxygens (including phenoxy) is 1. The standard InChI is InChI=1S/C14H22O2/c1-9-4-7-14-6-3-5-13(9,14)8-10(15)11-12(14,2)16-11/h9-11,15H,3-8H2,1-2H3/t9?,10-,11-,12-,13+,14-/m0/s1. The third-order valence-electron chi connectivity index (χ3n) is 6.86. The molecule has 4 fully saturated rings. The van der Waals surface area contributed by atoms with Crippen LogP contribution in [0.1, 0.15) is 52.4 Å². The van der Waals surface area contributed by atoms with Gasteiger partial charge in [0.2, 0.25) is 0 Å². The molecular formula is C14H22O2. The van der Waals surface area contributed by atoms with Crippen molar-refractivity contribution in [1.82, 2.24) is 0 Å². The minimum Gasteiger partial charge on any atom is -0.390 e. The molecule has 6 atom stereocenters. The predicted octanol–water partition coefficient (Wildman–Crippen LogP) is 2.50. The molecular weight excluding hydrogens is 200 g/mol. The van der Waals surface area contributed by atoms with Gasteiger partial charge in [0.25, 0.3) is 0 Å². The van der Waals surface area contributed by atoms with Gasteiger partial charge >= 0.3 is 0 Å². The first-order valence-corrected chi connectivity index (χ1v) is 6.92. The highest BCUT2D eigenvalue weighted by Gasteiger charge is 2.80. The van der Waals surface area contributed by atoms with Gasteiger partial charge in [-0.3, -0.25) is 0 Å². The lowest BCUT2D eigenvalue weighted by atomic mass is 9.52. The van der Waals surface area contributed by atoms with Crippen LogP contribution in [-0.4, -0.2) is 22.9 Å². The van der Waals surface area contributed by atoms with Gasteiger partial charge in [-0.2, -0.15) is 0 Å². The normalized spacial score (nSPS) is 67.3. The van der Waals surface area contributed by atoms with Crippen LogP contribution in [0.3, 0.4) is 0 Å². The maximum atomic E-state index is 10.3. The van der Waals surface area contributed by atoms with E-state index in [1.807, 2.05) is 0 Å². The number of epoxide rings is 1. The van der Waals surface area contributed by atoms with Gasteiger partial charge in [0.1, 0.15) is 11.7 Å². The summed E-state index contributed by atoms with van der Waals surface area (Å²) in [7, 11) is 0. The van der Waals surface area contributed by atoms with Crippen LogP contribution >= 0.6 is 0 Å². The van der Waals surface area contributed by atoms with Crippen molar-refractivity contribution < 1.29 is 9.84 Å². The predicted molar refractivity (Wildman–Crippen MR) is 61.0 cm³/mol. The van der Waals surface area contributed by atoms with Crippen molar-refractivity contribution >= 4 is 0 Å². The van der Waals surface area contributed by atoms with E-state index in [2.05, 4.69) is 13.8 Å². The minimum absolute atomic E-state index is 0.0198. The lowest BCUT2D eigenvalue weighted by Gasteiger charge is -2.50. The van der Waals surface area contributed by atoms with Crippen LogP contribution in [0, 0.1) is 16.7 Å². The van der Waals surface area contributed by atoms with E-state index in [9.17, 15) is 5.11 Å². The minimum atomic E-state index is -0.197. The van der Waals surface area contributed by atoms with Crippen LogP contribution in [0.5, 0.6) is 0 Å². The molecule has 0 spiro atoms. The summed E-state index contributed by atoms with van der Waals surface area (Å²) in [6.07, 6.45) is 7.68. The molecule has 0 aromatic rings. The molecule has 16 heavy (non-hydrogen) atoms. The number of fused-ring (bicyclic) bond motifs is 1. The Bertz CT molecular complexity index is 355. The topological polar surface area (TPSA) is 32.8 Å². The van der Waals surface area contributed by atoms with Gasteiger partial charge < -0.3 is 9.84 Å². The molecule has 0 aromatic heterocycles. The zero-order valence-corrected chi connectivity index (χ0v) is 10.3. The number of aliphatic hydroxyl groups is 1. The van der Waals surface area contributed by atoms with Crippen LogP contribution in [-0.2, 0) is 4.74 Å². The van der Waals surface area contributed by atoms with E-state index < -0.39 is 0 Å². The van der Waals surface area contributed by atoms with E-state index in [0.29, 0.717) is 10.8 Å². The Morgan fingerprint density at radius 1 is 1.25 bits per heavy atom. The number of rotatable bonds is 0. The molecule has 3 aliphatic carbocycles. The van der Waals surface area contributed by atoms with Gasteiger partial charge in [0.05, 0.1) is 6.10 Å². The van der Waals surface area contributed by atoms with Crippen LogP contribution in [0.2, 0.25) is 0 Å². The summed E-state index contributed by atoms with van der Waals surface area (Å²) >= 11 is 0. The van der Waals surface area contributed by atoms with Crippen molar-refractivity contribution in [1.29, 1.82) is 0 Å². The second-order valence-electron chi connectivity index (χ2n) is 6.95. The Kier molecular flexibility index (Phi) is 1.55. The zero-order chi connectivity index (χ0) is 11.2. The van der Waals surface area contributed by atoms with E-state index in [1.165, 1.54) is 32.1 Å². The molecule has 3 saturated carbocycles. The van der Waals surface area contributed by atoms with Crippen molar-refractivity contribution in [2.45, 2.75) is 70.2 Å². The summed E-state index contributed by atoms with van der Waals surface area (Å²) in [4.78, 5) is 0. The van der Waals surface area contributed by atoms with Gasteiger partial charge in [0, 0.05) is 5.41 Å². The number of hydrogen-bond donors (Lipinski definition) is 1. The van der Waals surface area contributed by atoms with Crippen LogP contribution in [0.25, 0.3) is 0 Å². The highest BCUT2D eigenvalue weighted by atomic mass is 16.6. The number of hydrogen-bond acceptors (Lipinski definition) is 2. The highest BCUT2D eigenvalue weighted by Crippen LogP contribution is 2.78. The summed E-state index contributed by atoms with van der Waals surface area (Å²) in [5.74, 6) is 0.784. The van der Waals surface area contributed by atoms with Crippen molar-refractivity contribution in [2.24, 2.45) is 16.7 Å². The maximum absolute atomic E-state index is 10.3. The SMILES string of the molecule is CC1CC[C@]23CCC[C@@]12C[C@H](O)[C@@H]1O[C@@]13C. The summed E-state index contributed by atoms with van der Waals surface area (Å²) < 4.78 is 5.99. The molecule has 4 aliphatic rings. The summed E-state index contributed by atoms with van der Waals surface area (Å²) in [5, 5.41) is 10.3. The Balaban J connectivity index is 1.89. The summed E-state index contributed by atoms with van der Waals surface area (Å²) in [6, 6.07) is 0. The van der Waals surface area contributed by atoms with Gasteiger partial charge in [0.15, 0.2) is 0 Å². The lowest BCUT2D eigenvalue weighted by molar-refractivity contribution is -0.0513. The Labute approximate surface area is 97.4 Å². The molecule has 2 heteroatoms. The zero-order valence-electron chi connectivity index (χ0n) is 10.3. The smallest absolute Gasteiger partial charge is 0.113 e. The van der Waals surface area contributed by atoms with Crippen molar-refractivity contribution in [3.8, 4) is 0 Å². The molecule has 90 valence electrons. The second kappa shape index (κ2) is 2.51. The molecule has 4 rings (SSSR count). The van der Waals surface area contributed by atoms with Gasteiger partial charge in [-0.05, 0) is 50.4 Å². The molecule has 1 unspecified atom stereocenters. The van der Waals surface area contributed by atoms with Crippen LogP contribution < -0.4 is 0 Å². The van der Waals surface area contributed by atoms with E-state index in [4.69, 9.17) is 4.74 Å². The van der Waals surface area contributed by atoms with E-state index in [1.54, 1.807) is 0 Å². The molecule has 2 nitrogen and oxygen atoms in total. The highest BCUT2D eigenvalue weighted by molar-refractivity contribution is 5.28. The average molecular weight is 222 g/mol. The first-order chi connectivity index (χ1) is 7.56. The molecule has 1 saturated heterocycles. The molecule has 1 aliphatic heterocycles. The third-order valence-corrected chi connectivity index (χ3v) is 6.86. The first kappa shape index (κ1) is 9.90. The second-order valence-corrected chi connectivity index (χ2v) is 6.95. The Morgan fingerprint density at radius 2 is 2.06 bits per heavy atom. The largest absolute Gasteiger partial charge is 0.390 e. The fraction of sp³-hybridized carbons (Fsp3) is 1.00. The molecule has 1 N–H and O–H groups in total. The molecule has 0 amide bonds. The summed E-state index contributed by atoms with van der Waals surface area (Å²) in [5.41, 5.74) is 0.851. The Hall–Kier alpha value is -0.0800. The molecule has 0 bridgehead atoms. The Morgan fingerprint density at radius 3 is 2.88 bits per heavy atom. The van der Waals surface area contributed by atoms with Crippen molar-refractivity contribution in [2.75, 3.05) is 0 Å².